The molecule has 1 atom stereocenters. The fourth-order valence-electron chi connectivity index (χ4n) is 4.46. The molecule has 1 aliphatic heterocycles. The molecule has 0 saturated carbocycles. The van der Waals surface area contributed by atoms with Crippen LogP contribution in [0.1, 0.15) is 36.3 Å². The maximum atomic E-state index is 4.96. The zero-order valence-electron chi connectivity index (χ0n) is 15.6. The van der Waals surface area contributed by atoms with Crippen molar-refractivity contribution >= 4 is 5.95 Å². The monoisotopic (exact) mass is 340 g/mol. The van der Waals surface area contributed by atoms with Crippen LogP contribution in [0.5, 0.6) is 0 Å². The molecule has 0 bridgehead atoms. The molecule has 1 aliphatic carbocycles. The van der Waals surface area contributed by atoms with Crippen molar-refractivity contribution in [1.82, 2.24) is 24.4 Å². The van der Waals surface area contributed by atoms with Crippen molar-refractivity contribution in [2.75, 3.05) is 38.6 Å². The Morgan fingerprint density at radius 3 is 2.88 bits per heavy atom. The molecule has 0 aromatic carbocycles. The first-order valence-corrected chi connectivity index (χ1v) is 9.30. The Hall–Kier alpha value is -1.95. The van der Waals surface area contributed by atoms with Crippen LogP contribution >= 0.6 is 0 Å². The molecule has 134 valence electrons. The molecule has 2 aliphatic rings. The minimum absolute atomic E-state index is 0.225. The highest BCUT2D eigenvalue weighted by molar-refractivity contribution is 5.39. The zero-order chi connectivity index (χ0) is 17.4. The first-order chi connectivity index (χ1) is 12.1. The highest BCUT2D eigenvalue weighted by Crippen LogP contribution is 2.44. The Kier molecular flexibility index (Phi) is 4.23. The number of aryl methyl sites for hydroxylation is 2. The van der Waals surface area contributed by atoms with Crippen molar-refractivity contribution < 1.29 is 0 Å². The van der Waals surface area contributed by atoms with Gasteiger partial charge in [-0.25, -0.2) is 15.0 Å². The molecule has 1 spiro atoms. The van der Waals surface area contributed by atoms with Crippen LogP contribution in [0.4, 0.5) is 5.95 Å². The van der Waals surface area contributed by atoms with Crippen LogP contribution in [0.2, 0.25) is 0 Å². The van der Waals surface area contributed by atoms with E-state index in [1.165, 1.54) is 42.9 Å². The third kappa shape index (κ3) is 3.03. The summed E-state index contributed by atoms with van der Waals surface area (Å²) < 4.78 is 2.13. The van der Waals surface area contributed by atoms with Crippen molar-refractivity contribution in [3.8, 4) is 0 Å². The molecule has 6 heteroatoms. The third-order valence-electron chi connectivity index (χ3n) is 5.86. The standard InChI is InChI=1S/C19H28N6/c1-23(2)18-21-13-15-5-8-19(17(15)22-18)7-4-10-25(14-19)11-6-16-20-9-12-24(16)3/h9,12-13H,4-8,10-11,14H2,1-3H3. The largest absolute Gasteiger partial charge is 0.347 e. The third-order valence-corrected chi connectivity index (χ3v) is 5.86. The van der Waals surface area contributed by atoms with Crippen molar-refractivity contribution in [2.24, 2.45) is 7.05 Å². The minimum atomic E-state index is 0.225. The van der Waals surface area contributed by atoms with Crippen LogP contribution in [0.15, 0.2) is 18.6 Å². The van der Waals surface area contributed by atoms with E-state index < -0.39 is 0 Å². The lowest BCUT2D eigenvalue weighted by Gasteiger charge is -2.40. The average molecular weight is 340 g/mol. The summed E-state index contributed by atoms with van der Waals surface area (Å²) in [6.07, 6.45) is 11.8. The van der Waals surface area contributed by atoms with Crippen LogP contribution < -0.4 is 4.90 Å². The highest BCUT2D eigenvalue weighted by atomic mass is 15.2. The summed E-state index contributed by atoms with van der Waals surface area (Å²) in [6.45, 7) is 3.38. The summed E-state index contributed by atoms with van der Waals surface area (Å²) >= 11 is 0. The van der Waals surface area contributed by atoms with E-state index >= 15 is 0 Å². The van der Waals surface area contributed by atoms with E-state index in [2.05, 4.69) is 32.7 Å². The van der Waals surface area contributed by atoms with Gasteiger partial charge in [-0.1, -0.05) is 0 Å². The van der Waals surface area contributed by atoms with E-state index in [0.717, 1.165) is 31.9 Å². The number of hydrogen-bond donors (Lipinski definition) is 0. The number of hydrogen-bond acceptors (Lipinski definition) is 5. The second-order valence-electron chi connectivity index (χ2n) is 7.80. The normalized spacial score (nSPS) is 23.2. The number of likely N-dealkylation sites (tertiary alicyclic amines) is 1. The van der Waals surface area contributed by atoms with E-state index in [1.807, 2.05) is 31.4 Å². The predicted molar refractivity (Wildman–Crippen MR) is 98.9 cm³/mol. The number of rotatable bonds is 4. The van der Waals surface area contributed by atoms with Gasteiger partial charge in [0.1, 0.15) is 5.82 Å². The van der Waals surface area contributed by atoms with Gasteiger partial charge >= 0.3 is 0 Å². The van der Waals surface area contributed by atoms with Crippen molar-refractivity contribution in [1.29, 1.82) is 0 Å². The molecule has 25 heavy (non-hydrogen) atoms. The van der Waals surface area contributed by atoms with E-state index in [9.17, 15) is 0 Å². The SMILES string of the molecule is CN(C)c1ncc2c(n1)C1(CCCN(CCc3nccn3C)C1)CC2. The zero-order valence-corrected chi connectivity index (χ0v) is 15.6. The highest BCUT2D eigenvalue weighted by Gasteiger charge is 2.43. The summed E-state index contributed by atoms with van der Waals surface area (Å²) in [7, 11) is 6.11. The molecule has 0 N–H and O–H groups in total. The van der Waals surface area contributed by atoms with Gasteiger partial charge in [0.25, 0.3) is 0 Å². The van der Waals surface area contributed by atoms with Gasteiger partial charge in [0.2, 0.25) is 5.95 Å². The second-order valence-corrected chi connectivity index (χ2v) is 7.80. The van der Waals surface area contributed by atoms with Crippen LogP contribution in [0, 0.1) is 0 Å². The van der Waals surface area contributed by atoms with E-state index in [-0.39, 0.29) is 5.41 Å². The molecule has 0 radical (unpaired) electrons. The summed E-state index contributed by atoms with van der Waals surface area (Å²) in [6, 6.07) is 0. The number of imidazole rings is 1. The van der Waals surface area contributed by atoms with Gasteiger partial charge in [0, 0.05) is 64.7 Å². The molecule has 0 amide bonds. The Bertz CT molecular complexity index is 748. The number of anilines is 1. The van der Waals surface area contributed by atoms with Gasteiger partial charge in [-0.05, 0) is 37.8 Å². The predicted octanol–water partition coefficient (Wildman–Crippen LogP) is 1.80. The molecule has 4 rings (SSSR count). The van der Waals surface area contributed by atoms with Gasteiger partial charge < -0.3 is 14.4 Å². The lowest BCUT2D eigenvalue weighted by atomic mass is 9.77. The lowest BCUT2D eigenvalue weighted by molar-refractivity contribution is 0.144. The van der Waals surface area contributed by atoms with Gasteiger partial charge in [0.05, 0.1) is 5.69 Å². The van der Waals surface area contributed by atoms with Crippen LogP contribution in [0.25, 0.3) is 0 Å². The molecule has 1 unspecified atom stereocenters. The Labute approximate surface area is 149 Å². The van der Waals surface area contributed by atoms with E-state index in [0.29, 0.717) is 0 Å². The fourth-order valence-corrected chi connectivity index (χ4v) is 4.46. The smallest absolute Gasteiger partial charge is 0.225 e. The fraction of sp³-hybridized carbons (Fsp3) is 0.632. The molecule has 2 aromatic rings. The van der Waals surface area contributed by atoms with Gasteiger partial charge in [0.15, 0.2) is 0 Å². The van der Waals surface area contributed by atoms with Crippen LogP contribution in [-0.4, -0.2) is 58.1 Å². The molecular formula is C19H28N6. The van der Waals surface area contributed by atoms with Crippen molar-refractivity contribution in [2.45, 2.75) is 37.5 Å². The van der Waals surface area contributed by atoms with E-state index in [4.69, 9.17) is 4.98 Å². The molecule has 1 fully saturated rings. The van der Waals surface area contributed by atoms with Gasteiger partial charge in [-0.15, -0.1) is 0 Å². The van der Waals surface area contributed by atoms with Crippen LogP contribution in [-0.2, 0) is 25.3 Å². The second kappa shape index (κ2) is 6.41. The van der Waals surface area contributed by atoms with Crippen LogP contribution in [0.3, 0.4) is 0 Å². The molecule has 6 nitrogen and oxygen atoms in total. The number of aromatic nitrogens is 4. The Balaban J connectivity index is 1.52. The molecule has 1 saturated heterocycles. The number of fused-ring (bicyclic) bond motifs is 2. The van der Waals surface area contributed by atoms with Crippen molar-refractivity contribution in [3.05, 3.63) is 35.7 Å². The summed E-state index contributed by atoms with van der Waals surface area (Å²) in [4.78, 5) is 18.6. The Morgan fingerprint density at radius 1 is 1.24 bits per heavy atom. The first kappa shape index (κ1) is 16.5. The summed E-state index contributed by atoms with van der Waals surface area (Å²) in [5, 5.41) is 0. The van der Waals surface area contributed by atoms with Crippen molar-refractivity contribution in [3.63, 3.8) is 0 Å². The summed E-state index contributed by atoms with van der Waals surface area (Å²) in [5.74, 6) is 2.01. The molecular weight excluding hydrogens is 312 g/mol. The number of piperidine rings is 1. The maximum absolute atomic E-state index is 4.96. The Morgan fingerprint density at radius 2 is 2.12 bits per heavy atom. The first-order valence-electron chi connectivity index (χ1n) is 9.30. The minimum Gasteiger partial charge on any atom is -0.347 e. The topological polar surface area (TPSA) is 50.1 Å². The van der Waals surface area contributed by atoms with Gasteiger partial charge in [-0.3, -0.25) is 0 Å². The van der Waals surface area contributed by atoms with Gasteiger partial charge in [-0.2, -0.15) is 0 Å². The summed E-state index contributed by atoms with van der Waals surface area (Å²) in [5.41, 5.74) is 2.90. The number of nitrogens with zero attached hydrogens (tertiary/aromatic N) is 6. The maximum Gasteiger partial charge on any atom is 0.225 e. The average Bonchev–Trinajstić information content (AvgIpc) is 3.17. The molecule has 2 aromatic heterocycles. The quantitative estimate of drug-likeness (QED) is 0.849. The lowest BCUT2D eigenvalue weighted by Crippen LogP contribution is -2.46. The molecule has 3 heterocycles. The van der Waals surface area contributed by atoms with E-state index in [1.54, 1.807) is 0 Å².